The van der Waals surface area contributed by atoms with Crippen LogP contribution in [0.1, 0.15) is 28.4 Å². The minimum atomic E-state index is -0.430. The van der Waals surface area contributed by atoms with E-state index in [1.807, 2.05) is 39.0 Å². The van der Waals surface area contributed by atoms with Crippen molar-refractivity contribution in [2.75, 3.05) is 13.2 Å². The molecule has 8 heteroatoms. The van der Waals surface area contributed by atoms with Crippen LogP contribution in [0.15, 0.2) is 42.5 Å². The van der Waals surface area contributed by atoms with E-state index in [1.54, 1.807) is 24.3 Å². The third kappa shape index (κ3) is 6.24. The standard InChI is InChI=1S/C20H23N3O4S/c1-4-26-16-10-8-15(9-11-16)19(25)21-20(28)23-22-17(24)12-27-18-13(2)6-5-7-14(18)3/h5-11H,4,12H2,1-3H3,(H,22,24)(H2,21,23,25,28). The number of carbonyl (C=O) groups excluding carboxylic acids is 2. The Morgan fingerprint density at radius 3 is 2.21 bits per heavy atom. The number of hydrogen-bond acceptors (Lipinski definition) is 5. The highest BCUT2D eigenvalue weighted by Crippen LogP contribution is 2.21. The zero-order valence-corrected chi connectivity index (χ0v) is 16.8. The Bertz CT molecular complexity index is 833. The van der Waals surface area contributed by atoms with Gasteiger partial charge in [0.05, 0.1) is 6.61 Å². The predicted molar refractivity (Wildman–Crippen MR) is 110 cm³/mol. The molecule has 28 heavy (non-hydrogen) atoms. The fourth-order valence-corrected chi connectivity index (χ4v) is 2.55. The van der Waals surface area contributed by atoms with E-state index in [-0.39, 0.29) is 11.7 Å². The van der Waals surface area contributed by atoms with Crippen LogP contribution in [-0.4, -0.2) is 30.1 Å². The van der Waals surface area contributed by atoms with Gasteiger partial charge in [0.15, 0.2) is 11.7 Å². The Balaban J connectivity index is 1.76. The van der Waals surface area contributed by atoms with Crippen molar-refractivity contribution in [3.63, 3.8) is 0 Å². The maximum absolute atomic E-state index is 12.1. The number of hydrogen-bond donors (Lipinski definition) is 3. The van der Waals surface area contributed by atoms with Gasteiger partial charge in [-0.25, -0.2) is 0 Å². The first-order valence-electron chi connectivity index (χ1n) is 8.72. The van der Waals surface area contributed by atoms with Crippen LogP contribution < -0.4 is 25.6 Å². The lowest BCUT2D eigenvalue weighted by Gasteiger charge is -2.13. The van der Waals surface area contributed by atoms with Crippen LogP contribution in [0.3, 0.4) is 0 Å². The number of aryl methyl sites for hydroxylation is 2. The molecular formula is C20H23N3O4S. The van der Waals surface area contributed by atoms with Crippen LogP contribution in [0.25, 0.3) is 0 Å². The molecule has 0 heterocycles. The number of para-hydroxylation sites is 1. The summed E-state index contributed by atoms with van der Waals surface area (Å²) in [5.74, 6) is 0.516. The van der Waals surface area contributed by atoms with E-state index < -0.39 is 11.8 Å². The number of carbonyl (C=O) groups is 2. The average Bonchev–Trinajstić information content (AvgIpc) is 2.67. The summed E-state index contributed by atoms with van der Waals surface area (Å²) < 4.78 is 10.9. The average molecular weight is 401 g/mol. The Labute approximate surface area is 169 Å². The summed E-state index contributed by atoms with van der Waals surface area (Å²) in [4.78, 5) is 24.1. The molecule has 0 aliphatic carbocycles. The first-order chi connectivity index (χ1) is 13.4. The molecule has 0 aliphatic rings. The lowest BCUT2D eigenvalue weighted by Crippen LogP contribution is -2.49. The number of rotatable bonds is 6. The van der Waals surface area contributed by atoms with E-state index in [0.717, 1.165) is 11.1 Å². The molecule has 0 spiro atoms. The van der Waals surface area contributed by atoms with Crippen molar-refractivity contribution in [2.24, 2.45) is 0 Å². The van der Waals surface area contributed by atoms with Gasteiger partial charge in [-0.05, 0) is 68.4 Å². The number of ether oxygens (including phenoxy) is 2. The number of thiocarbonyl (C=S) groups is 1. The lowest BCUT2D eigenvalue weighted by atomic mass is 10.1. The van der Waals surface area contributed by atoms with Crippen LogP contribution in [0.2, 0.25) is 0 Å². The van der Waals surface area contributed by atoms with Crippen molar-refractivity contribution in [1.82, 2.24) is 16.2 Å². The van der Waals surface area contributed by atoms with E-state index in [4.69, 9.17) is 21.7 Å². The molecule has 0 fully saturated rings. The van der Waals surface area contributed by atoms with Gasteiger partial charge in [0.25, 0.3) is 11.8 Å². The third-order valence-electron chi connectivity index (χ3n) is 3.73. The van der Waals surface area contributed by atoms with E-state index in [0.29, 0.717) is 23.7 Å². The summed E-state index contributed by atoms with van der Waals surface area (Å²) >= 11 is 5.01. The normalized spacial score (nSPS) is 9.96. The predicted octanol–water partition coefficient (Wildman–Crippen LogP) is 2.42. The molecule has 2 rings (SSSR count). The first-order valence-corrected chi connectivity index (χ1v) is 9.13. The van der Waals surface area contributed by atoms with E-state index >= 15 is 0 Å². The van der Waals surface area contributed by atoms with E-state index in [9.17, 15) is 9.59 Å². The minimum absolute atomic E-state index is 0.0284. The lowest BCUT2D eigenvalue weighted by molar-refractivity contribution is -0.123. The fraction of sp³-hybridized carbons (Fsp3) is 0.250. The smallest absolute Gasteiger partial charge is 0.276 e. The zero-order valence-electron chi connectivity index (χ0n) is 16.0. The van der Waals surface area contributed by atoms with Gasteiger partial charge in [-0.15, -0.1) is 0 Å². The molecule has 0 aliphatic heterocycles. The maximum atomic E-state index is 12.1. The molecule has 0 atom stereocenters. The Kier molecular flexibility index (Phi) is 7.76. The van der Waals surface area contributed by atoms with Gasteiger partial charge in [0.2, 0.25) is 0 Å². The summed E-state index contributed by atoms with van der Waals surface area (Å²) in [6, 6.07) is 12.4. The van der Waals surface area contributed by atoms with Crippen LogP contribution in [-0.2, 0) is 4.79 Å². The van der Waals surface area contributed by atoms with Gasteiger partial charge in [-0.3, -0.25) is 25.8 Å². The second-order valence-corrected chi connectivity index (χ2v) is 6.33. The van der Waals surface area contributed by atoms with Crippen molar-refractivity contribution >= 4 is 29.1 Å². The highest BCUT2D eigenvalue weighted by atomic mass is 32.1. The summed E-state index contributed by atoms with van der Waals surface area (Å²) in [5, 5.41) is 2.45. The molecule has 2 aromatic carbocycles. The van der Waals surface area contributed by atoms with Crippen molar-refractivity contribution < 1.29 is 19.1 Å². The SMILES string of the molecule is CCOc1ccc(C(=O)NC(=S)NNC(=O)COc2c(C)cccc2C)cc1. The second-order valence-electron chi connectivity index (χ2n) is 5.92. The molecular weight excluding hydrogens is 378 g/mol. The first kappa shape index (κ1) is 21.2. The molecule has 0 unspecified atom stereocenters. The summed E-state index contributed by atoms with van der Waals surface area (Å²) in [5.41, 5.74) is 7.16. The van der Waals surface area contributed by atoms with Gasteiger partial charge in [-0.1, -0.05) is 18.2 Å². The van der Waals surface area contributed by atoms with Crippen molar-refractivity contribution in [1.29, 1.82) is 0 Å². The van der Waals surface area contributed by atoms with Crippen LogP contribution in [0, 0.1) is 13.8 Å². The topological polar surface area (TPSA) is 88.7 Å². The molecule has 0 saturated heterocycles. The summed E-state index contributed by atoms with van der Waals surface area (Å²) in [6.07, 6.45) is 0. The van der Waals surface area contributed by atoms with Crippen molar-refractivity contribution in [2.45, 2.75) is 20.8 Å². The maximum Gasteiger partial charge on any atom is 0.276 e. The molecule has 0 radical (unpaired) electrons. The van der Waals surface area contributed by atoms with Crippen LogP contribution in [0.4, 0.5) is 0 Å². The molecule has 0 aromatic heterocycles. The summed E-state index contributed by atoms with van der Waals surface area (Å²) in [7, 11) is 0. The van der Waals surface area contributed by atoms with Gasteiger partial charge in [-0.2, -0.15) is 0 Å². The van der Waals surface area contributed by atoms with Gasteiger partial charge in [0, 0.05) is 5.56 Å². The zero-order chi connectivity index (χ0) is 20.5. The van der Waals surface area contributed by atoms with Gasteiger partial charge in [0.1, 0.15) is 11.5 Å². The molecule has 7 nitrogen and oxygen atoms in total. The Morgan fingerprint density at radius 1 is 0.964 bits per heavy atom. The van der Waals surface area contributed by atoms with Crippen LogP contribution in [0.5, 0.6) is 11.5 Å². The molecule has 0 saturated carbocycles. The van der Waals surface area contributed by atoms with E-state index in [1.165, 1.54) is 0 Å². The fourth-order valence-electron chi connectivity index (χ4n) is 2.40. The third-order valence-corrected chi connectivity index (χ3v) is 3.93. The van der Waals surface area contributed by atoms with Gasteiger partial charge >= 0.3 is 0 Å². The quantitative estimate of drug-likeness (QED) is 0.509. The summed E-state index contributed by atoms with van der Waals surface area (Å²) in [6.45, 7) is 6.06. The second kappa shape index (κ2) is 10.3. The Hall–Kier alpha value is -3.13. The number of amides is 2. The monoisotopic (exact) mass is 401 g/mol. The molecule has 0 bridgehead atoms. The number of hydrazine groups is 1. The number of nitrogens with one attached hydrogen (secondary N) is 3. The van der Waals surface area contributed by atoms with Gasteiger partial charge < -0.3 is 9.47 Å². The van der Waals surface area contributed by atoms with Crippen molar-refractivity contribution in [3.8, 4) is 11.5 Å². The Morgan fingerprint density at radius 2 is 1.61 bits per heavy atom. The van der Waals surface area contributed by atoms with E-state index in [2.05, 4.69) is 16.2 Å². The number of benzene rings is 2. The molecule has 3 N–H and O–H groups in total. The minimum Gasteiger partial charge on any atom is -0.494 e. The highest BCUT2D eigenvalue weighted by Gasteiger charge is 2.10. The highest BCUT2D eigenvalue weighted by molar-refractivity contribution is 7.80. The van der Waals surface area contributed by atoms with Crippen molar-refractivity contribution in [3.05, 3.63) is 59.2 Å². The van der Waals surface area contributed by atoms with Crippen LogP contribution >= 0.6 is 12.2 Å². The molecule has 2 amide bonds. The largest absolute Gasteiger partial charge is 0.494 e. The molecule has 148 valence electrons. The molecule has 2 aromatic rings.